The van der Waals surface area contributed by atoms with Crippen LogP contribution in [0.2, 0.25) is 5.15 Å². The fourth-order valence-corrected chi connectivity index (χ4v) is 3.47. The van der Waals surface area contributed by atoms with E-state index in [1.54, 1.807) is 30.4 Å². The van der Waals surface area contributed by atoms with E-state index in [9.17, 15) is 15.3 Å². The summed E-state index contributed by atoms with van der Waals surface area (Å²) in [6.07, 6.45) is 1.68. The Kier molecular flexibility index (Phi) is 6.11. The molecule has 146 valence electrons. The fourth-order valence-electron chi connectivity index (χ4n) is 3.23. The Morgan fingerprint density at radius 2 is 2.07 bits per heavy atom. The van der Waals surface area contributed by atoms with Crippen LogP contribution >= 0.6 is 11.6 Å². The van der Waals surface area contributed by atoms with Gasteiger partial charge < -0.3 is 26.4 Å². The molecule has 0 aliphatic heterocycles. The van der Waals surface area contributed by atoms with E-state index in [-0.39, 0.29) is 17.7 Å². The first-order chi connectivity index (χ1) is 13.4. The minimum Gasteiger partial charge on any atom is -0.396 e. The number of aliphatic hydroxyl groups is 3. The summed E-state index contributed by atoms with van der Waals surface area (Å²) in [4.78, 5) is 8.12. The summed E-state index contributed by atoms with van der Waals surface area (Å²) < 4.78 is 0. The second-order valence-corrected chi connectivity index (χ2v) is 6.97. The van der Waals surface area contributed by atoms with E-state index in [2.05, 4.69) is 21.4 Å². The van der Waals surface area contributed by atoms with E-state index in [1.807, 2.05) is 6.07 Å². The maximum atomic E-state index is 10.2. The summed E-state index contributed by atoms with van der Waals surface area (Å²) >= 11 is 6.24. The van der Waals surface area contributed by atoms with Crippen LogP contribution in [-0.4, -0.2) is 50.1 Å². The number of hydrogen-bond acceptors (Lipinski definition) is 8. The van der Waals surface area contributed by atoms with Crippen molar-refractivity contribution >= 4 is 35.5 Å². The Labute approximate surface area is 166 Å². The number of aromatic nitrogens is 2. The molecule has 2 aromatic rings. The van der Waals surface area contributed by atoms with Gasteiger partial charge in [0.15, 0.2) is 0 Å². The molecule has 1 heterocycles. The van der Waals surface area contributed by atoms with Crippen LogP contribution < -0.4 is 11.1 Å². The number of nitrogen functional groups attached to an aromatic ring is 1. The number of aliphatic hydroxyl groups excluding tert-OH is 3. The number of anilines is 2. The van der Waals surface area contributed by atoms with Crippen molar-refractivity contribution in [3.05, 3.63) is 46.1 Å². The largest absolute Gasteiger partial charge is 0.396 e. The first-order valence-electron chi connectivity index (χ1n) is 8.67. The van der Waals surface area contributed by atoms with Crippen LogP contribution in [0.5, 0.6) is 0 Å². The highest BCUT2D eigenvalue weighted by molar-refractivity contribution is 6.31. The lowest BCUT2D eigenvalue weighted by atomic mass is 10.1. The third-order valence-electron chi connectivity index (χ3n) is 4.73. The second kappa shape index (κ2) is 8.54. The van der Waals surface area contributed by atoms with Gasteiger partial charge in [-0.25, -0.2) is 4.98 Å². The summed E-state index contributed by atoms with van der Waals surface area (Å²) in [5.41, 5.74) is 7.47. The second-order valence-electron chi connectivity index (χ2n) is 6.62. The normalized spacial score (nSPS) is 24.4. The molecule has 8 nitrogen and oxygen atoms in total. The number of hydrogen-bond donors (Lipinski definition) is 5. The third-order valence-corrected chi connectivity index (χ3v) is 5.02. The van der Waals surface area contributed by atoms with Crippen molar-refractivity contribution in [1.29, 1.82) is 5.26 Å². The Balaban J connectivity index is 1.90. The number of nitrogens with one attached hydrogen (secondary N) is 1. The van der Waals surface area contributed by atoms with E-state index in [1.165, 1.54) is 0 Å². The van der Waals surface area contributed by atoms with Crippen molar-refractivity contribution in [2.45, 2.75) is 24.7 Å². The SMILES string of the molecule is N#Cc1cccc(C=Cc2c(Cl)nc(N)nc2N[C@@H]2C[C@H](CO)[C@@H](O)[C@H]2O)c1. The van der Waals surface area contributed by atoms with E-state index in [0.717, 1.165) is 5.56 Å². The lowest BCUT2D eigenvalue weighted by Crippen LogP contribution is -2.35. The Bertz CT molecular complexity index is 930. The number of rotatable bonds is 5. The minimum atomic E-state index is -1.07. The maximum Gasteiger partial charge on any atom is 0.223 e. The monoisotopic (exact) mass is 401 g/mol. The topological polar surface area (TPSA) is 148 Å². The molecule has 1 aromatic heterocycles. The van der Waals surface area contributed by atoms with Crippen LogP contribution in [0.15, 0.2) is 24.3 Å². The number of halogens is 1. The molecule has 1 aliphatic carbocycles. The van der Waals surface area contributed by atoms with Crippen molar-refractivity contribution in [2.24, 2.45) is 5.92 Å². The highest BCUT2D eigenvalue weighted by atomic mass is 35.5. The van der Waals surface area contributed by atoms with Crippen LogP contribution in [0, 0.1) is 17.2 Å². The first kappa shape index (κ1) is 20.0. The molecule has 0 spiro atoms. The zero-order valence-electron chi connectivity index (χ0n) is 14.8. The van der Waals surface area contributed by atoms with E-state index >= 15 is 0 Å². The maximum absolute atomic E-state index is 10.2. The zero-order chi connectivity index (χ0) is 20.3. The fraction of sp³-hybridized carbons (Fsp3) is 0.316. The lowest BCUT2D eigenvalue weighted by Gasteiger charge is -2.20. The van der Waals surface area contributed by atoms with Gasteiger partial charge in [-0.05, 0) is 30.2 Å². The van der Waals surface area contributed by atoms with Crippen molar-refractivity contribution in [3.8, 4) is 6.07 Å². The van der Waals surface area contributed by atoms with Crippen LogP contribution in [0.4, 0.5) is 11.8 Å². The van der Waals surface area contributed by atoms with E-state index < -0.39 is 24.2 Å². The molecule has 0 amide bonds. The van der Waals surface area contributed by atoms with Crippen LogP contribution in [0.25, 0.3) is 12.2 Å². The van der Waals surface area contributed by atoms with E-state index in [0.29, 0.717) is 23.4 Å². The van der Waals surface area contributed by atoms with Crippen molar-refractivity contribution < 1.29 is 15.3 Å². The van der Waals surface area contributed by atoms with Gasteiger partial charge in [0.1, 0.15) is 17.1 Å². The van der Waals surface area contributed by atoms with Crippen LogP contribution in [0.1, 0.15) is 23.1 Å². The Morgan fingerprint density at radius 1 is 1.29 bits per heavy atom. The van der Waals surface area contributed by atoms with Gasteiger partial charge in [-0.3, -0.25) is 0 Å². The van der Waals surface area contributed by atoms with E-state index in [4.69, 9.17) is 22.6 Å². The molecule has 28 heavy (non-hydrogen) atoms. The molecule has 1 aliphatic rings. The molecule has 0 saturated heterocycles. The molecule has 0 bridgehead atoms. The molecule has 1 saturated carbocycles. The Morgan fingerprint density at radius 3 is 2.75 bits per heavy atom. The average Bonchev–Trinajstić information content (AvgIpc) is 2.95. The van der Waals surface area contributed by atoms with Gasteiger partial charge in [0.25, 0.3) is 0 Å². The van der Waals surface area contributed by atoms with Crippen LogP contribution in [0.3, 0.4) is 0 Å². The molecular weight excluding hydrogens is 382 g/mol. The molecule has 0 unspecified atom stereocenters. The van der Waals surface area contributed by atoms with Gasteiger partial charge in [0.05, 0.1) is 29.3 Å². The average molecular weight is 402 g/mol. The minimum absolute atomic E-state index is 0.0390. The molecule has 6 N–H and O–H groups in total. The molecule has 4 atom stereocenters. The molecule has 9 heteroatoms. The molecule has 1 aromatic carbocycles. The van der Waals surface area contributed by atoms with Gasteiger partial charge >= 0.3 is 0 Å². The number of nitriles is 1. The van der Waals surface area contributed by atoms with Gasteiger partial charge in [0, 0.05) is 12.5 Å². The predicted molar refractivity (Wildman–Crippen MR) is 106 cm³/mol. The summed E-state index contributed by atoms with van der Waals surface area (Å²) in [7, 11) is 0. The lowest BCUT2D eigenvalue weighted by molar-refractivity contribution is 0.00445. The molecule has 3 rings (SSSR count). The third kappa shape index (κ3) is 4.24. The number of nitrogens with two attached hydrogens (primary N) is 1. The van der Waals surface area contributed by atoms with Crippen LogP contribution in [-0.2, 0) is 0 Å². The van der Waals surface area contributed by atoms with Gasteiger partial charge in [-0.15, -0.1) is 0 Å². The van der Waals surface area contributed by atoms with Crippen molar-refractivity contribution in [3.63, 3.8) is 0 Å². The van der Waals surface area contributed by atoms with Gasteiger partial charge in [-0.2, -0.15) is 10.2 Å². The first-order valence-corrected chi connectivity index (χ1v) is 9.05. The van der Waals surface area contributed by atoms with Gasteiger partial charge in [0.2, 0.25) is 5.95 Å². The van der Waals surface area contributed by atoms with Crippen molar-refractivity contribution in [1.82, 2.24) is 9.97 Å². The van der Waals surface area contributed by atoms with Gasteiger partial charge in [-0.1, -0.05) is 29.8 Å². The van der Waals surface area contributed by atoms with Crippen molar-refractivity contribution in [2.75, 3.05) is 17.7 Å². The number of benzene rings is 1. The highest BCUT2D eigenvalue weighted by Gasteiger charge is 2.41. The molecular formula is C19H20ClN5O3. The molecule has 1 fully saturated rings. The highest BCUT2D eigenvalue weighted by Crippen LogP contribution is 2.31. The summed E-state index contributed by atoms with van der Waals surface area (Å²) in [6, 6.07) is 8.57. The quantitative estimate of drug-likeness (QED) is 0.470. The summed E-state index contributed by atoms with van der Waals surface area (Å²) in [6.45, 7) is -0.231. The number of nitrogens with zero attached hydrogens (tertiary/aromatic N) is 3. The summed E-state index contributed by atoms with van der Waals surface area (Å²) in [5, 5.41) is 41.8. The Hall–Kier alpha value is -2.70. The molecule has 0 radical (unpaired) electrons. The predicted octanol–water partition coefficient (Wildman–Crippen LogP) is 1.27. The smallest absolute Gasteiger partial charge is 0.223 e. The summed E-state index contributed by atoms with van der Waals surface area (Å²) in [5.74, 6) is -0.169. The zero-order valence-corrected chi connectivity index (χ0v) is 15.6. The standard InChI is InChI=1S/C19H20ClN5O3/c20-17-13(5-4-10-2-1-3-11(6-10)8-21)18(25-19(22)24-17)23-14-7-12(9-26)15(27)16(14)28/h1-6,12,14-16,26-28H,7,9H2,(H3,22,23,24,25)/t12-,14-,15-,16+/m1/s1.